The molecule has 0 spiro atoms. The number of Topliss-reactive ketones (excluding diaryl/α,β-unsaturated/α-hetero) is 1. The van der Waals surface area contributed by atoms with Crippen molar-refractivity contribution < 1.29 is 18.0 Å². The fraction of sp³-hybridized carbons (Fsp3) is 0.474. The number of rotatable bonds is 4. The number of ketones is 1. The number of hydrogen-bond donors (Lipinski definition) is 0. The summed E-state index contributed by atoms with van der Waals surface area (Å²) in [5.74, 6) is -1.51. The summed E-state index contributed by atoms with van der Waals surface area (Å²) < 4.78 is 39.8. The highest BCUT2D eigenvalue weighted by Gasteiger charge is 2.35. The van der Waals surface area contributed by atoms with Crippen LogP contribution in [0.25, 0.3) is 0 Å². The van der Waals surface area contributed by atoms with Crippen LogP contribution in [0.5, 0.6) is 0 Å². The second-order valence-electron chi connectivity index (χ2n) is 7.71. The molecule has 1 fully saturated rings. The highest BCUT2D eigenvalue weighted by Crippen LogP contribution is 2.42. The molecular weight excluding hydrogens is 357 g/mol. The van der Waals surface area contributed by atoms with Crippen molar-refractivity contribution in [3.8, 4) is 6.07 Å². The molecule has 2 heterocycles. The van der Waals surface area contributed by atoms with Gasteiger partial charge in [-0.2, -0.15) is 23.5 Å². The summed E-state index contributed by atoms with van der Waals surface area (Å²) in [7, 11) is 0. The van der Waals surface area contributed by atoms with Crippen molar-refractivity contribution in [1.82, 2.24) is 14.8 Å². The predicted molar refractivity (Wildman–Crippen MR) is 91.1 cm³/mol. The van der Waals surface area contributed by atoms with Crippen molar-refractivity contribution in [2.24, 2.45) is 0 Å². The smallest absolute Gasteiger partial charge is 0.290 e. The van der Waals surface area contributed by atoms with Gasteiger partial charge in [0.1, 0.15) is 5.69 Å². The van der Waals surface area contributed by atoms with Crippen LogP contribution >= 0.6 is 0 Å². The second-order valence-corrected chi connectivity index (χ2v) is 7.71. The molecule has 2 aromatic rings. The summed E-state index contributed by atoms with van der Waals surface area (Å²) in [6, 6.07) is 5.43. The molecule has 1 aliphatic rings. The lowest BCUT2D eigenvalue weighted by Crippen LogP contribution is -2.25. The van der Waals surface area contributed by atoms with Crippen molar-refractivity contribution >= 4 is 5.78 Å². The monoisotopic (exact) mass is 376 g/mol. The van der Waals surface area contributed by atoms with Gasteiger partial charge >= 0.3 is 6.18 Å². The normalized spacial score (nSPS) is 16.0. The third-order valence-corrected chi connectivity index (χ3v) is 4.42. The Morgan fingerprint density at radius 3 is 2.41 bits per heavy atom. The molecule has 1 atom stereocenters. The molecule has 0 aromatic carbocycles. The number of pyridine rings is 1. The maximum Gasteiger partial charge on any atom is 0.417 e. The van der Waals surface area contributed by atoms with Crippen LogP contribution in [-0.2, 0) is 11.7 Å². The predicted octanol–water partition coefficient (Wildman–Crippen LogP) is 4.42. The average molecular weight is 376 g/mol. The lowest BCUT2D eigenvalue weighted by Gasteiger charge is -2.22. The second kappa shape index (κ2) is 6.48. The van der Waals surface area contributed by atoms with Crippen molar-refractivity contribution in [3.63, 3.8) is 0 Å². The Morgan fingerprint density at radius 2 is 1.96 bits per heavy atom. The minimum Gasteiger partial charge on any atom is -0.290 e. The van der Waals surface area contributed by atoms with Gasteiger partial charge in [-0.25, -0.2) is 0 Å². The van der Waals surface area contributed by atoms with Gasteiger partial charge in [-0.3, -0.25) is 14.5 Å². The van der Waals surface area contributed by atoms with Gasteiger partial charge in [-0.15, -0.1) is 0 Å². The first-order chi connectivity index (χ1) is 12.5. The van der Waals surface area contributed by atoms with Crippen LogP contribution < -0.4 is 0 Å². The number of nitriles is 1. The molecule has 0 bridgehead atoms. The van der Waals surface area contributed by atoms with E-state index in [1.807, 2.05) is 26.8 Å². The fourth-order valence-corrected chi connectivity index (χ4v) is 2.87. The quantitative estimate of drug-likeness (QED) is 0.741. The maximum atomic E-state index is 12.8. The first-order valence-corrected chi connectivity index (χ1v) is 8.60. The average Bonchev–Trinajstić information content (AvgIpc) is 3.32. The lowest BCUT2D eigenvalue weighted by atomic mass is 9.98. The zero-order valence-electron chi connectivity index (χ0n) is 15.2. The van der Waals surface area contributed by atoms with E-state index in [4.69, 9.17) is 0 Å². The van der Waals surface area contributed by atoms with E-state index in [-0.39, 0.29) is 16.9 Å². The van der Waals surface area contributed by atoms with E-state index >= 15 is 0 Å². The molecule has 0 aliphatic heterocycles. The Morgan fingerprint density at radius 1 is 1.30 bits per heavy atom. The van der Waals surface area contributed by atoms with E-state index in [9.17, 15) is 23.2 Å². The summed E-state index contributed by atoms with van der Waals surface area (Å²) in [5.41, 5.74) is -0.189. The number of carbonyl (C=O) groups excluding carboxylic acids is 1. The Bertz CT molecular complexity index is 897. The standard InChI is InChI=1S/C19H19F3N4O/c1-18(2,3)26-16(11-4-5-11)8-15(25-26)17(27)13(9-23)14-7-6-12(10-24-14)19(20,21)22/h6-8,10-11,13H,4-5H2,1-3H3. The van der Waals surface area contributed by atoms with E-state index in [1.54, 1.807) is 10.7 Å². The first-order valence-electron chi connectivity index (χ1n) is 8.60. The van der Waals surface area contributed by atoms with E-state index < -0.39 is 23.4 Å². The number of nitrogens with zero attached hydrogens (tertiary/aromatic N) is 4. The van der Waals surface area contributed by atoms with Gasteiger partial charge in [0.15, 0.2) is 5.92 Å². The first kappa shape index (κ1) is 19.1. The molecule has 27 heavy (non-hydrogen) atoms. The van der Waals surface area contributed by atoms with E-state index in [0.29, 0.717) is 12.1 Å². The Kier molecular flexibility index (Phi) is 4.58. The zero-order valence-corrected chi connectivity index (χ0v) is 15.2. The summed E-state index contributed by atoms with van der Waals surface area (Å²) in [6.45, 7) is 5.91. The van der Waals surface area contributed by atoms with E-state index in [2.05, 4.69) is 10.1 Å². The SMILES string of the molecule is CC(C)(C)n1nc(C(=O)C(C#N)c2ccc(C(F)(F)F)cn2)cc1C1CC1. The molecule has 0 amide bonds. The molecule has 1 saturated carbocycles. The number of aromatic nitrogens is 3. The molecule has 8 heteroatoms. The molecule has 1 aliphatic carbocycles. The van der Waals surface area contributed by atoms with Gasteiger partial charge in [0.25, 0.3) is 0 Å². The molecule has 0 N–H and O–H groups in total. The van der Waals surface area contributed by atoms with Crippen LogP contribution in [0.4, 0.5) is 13.2 Å². The van der Waals surface area contributed by atoms with Gasteiger partial charge < -0.3 is 0 Å². The highest BCUT2D eigenvalue weighted by molar-refractivity contribution is 6.01. The highest BCUT2D eigenvalue weighted by atomic mass is 19.4. The van der Waals surface area contributed by atoms with Gasteiger partial charge in [-0.05, 0) is 51.8 Å². The molecule has 0 saturated heterocycles. The van der Waals surface area contributed by atoms with E-state index in [0.717, 1.165) is 30.7 Å². The van der Waals surface area contributed by atoms with Crippen molar-refractivity contribution in [2.75, 3.05) is 0 Å². The van der Waals surface area contributed by atoms with Gasteiger partial charge in [0.05, 0.1) is 22.9 Å². The summed E-state index contributed by atoms with van der Waals surface area (Å²) >= 11 is 0. The minimum atomic E-state index is -4.53. The molecule has 2 aromatic heterocycles. The Balaban J connectivity index is 1.93. The third kappa shape index (κ3) is 3.87. The van der Waals surface area contributed by atoms with Crippen LogP contribution in [0.2, 0.25) is 0 Å². The number of hydrogen-bond acceptors (Lipinski definition) is 4. The molecular formula is C19H19F3N4O. The van der Waals surface area contributed by atoms with Crippen LogP contribution in [0.15, 0.2) is 24.4 Å². The summed E-state index contributed by atoms with van der Waals surface area (Å²) in [5, 5.41) is 13.8. The van der Waals surface area contributed by atoms with Crippen LogP contribution in [0.1, 0.15) is 72.9 Å². The zero-order chi connectivity index (χ0) is 20.0. The third-order valence-electron chi connectivity index (χ3n) is 4.42. The topological polar surface area (TPSA) is 71.6 Å². The van der Waals surface area contributed by atoms with Crippen molar-refractivity contribution in [3.05, 3.63) is 47.0 Å². The molecule has 0 radical (unpaired) electrons. The number of halogens is 3. The van der Waals surface area contributed by atoms with E-state index in [1.165, 1.54) is 0 Å². The van der Waals surface area contributed by atoms with Crippen LogP contribution in [0.3, 0.4) is 0 Å². The van der Waals surface area contributed by atoms with Gasteiger partial charge in [-0.1, -0.05) is 0 Å². The van der Waals surface area contributed by atoms with Gasteiger partial charge in [0.2, 0.25) is 5.78 Å². The molecule has 3 rings (SSSR count). The minimum absolute atomic E-state index is 0.0196. The molecule has 5 nitrogen and oxygen atoms in total. The van der Waals surface area contributed by atoms with Crippen LogP contribution in [0, 0.1) is 11.3 Å². The number of alkyl halides is 3. The summed E-state index contributed by atoms with van der Waals surface area (Å²) in [6.07, 6.45) is -1.84. The summed E-state index contributed by atoms with van der Waals surface area (Å²) in [4.78, 5) is 16.5. The Hall–Kier alpha value is -2.69. The Labute approximate surface area is 154 Å². The maximum absolute atomic E-state index is 12.8. The molecule has 142 valence electrons. The van der Waals surface area contributed by atoms with Gasteiger partial charge in [0, 0.05) is 17.8 Å². The number of carbonyl (C=O) groups is 1. The van der Waals surface area contributed by atoms with Crippen LogP contribution in [-0.4, -0.2) is 20.5 Å². The largest absolute Gasteiger partial charge is 0.417 e. The lowest BCUT2D eigenvalue weighted by molar-refractivity contribution is -0.137. The van der Waals surface area contributed by atoms with Crippen molar-refractivity contribution in [2.45, 2.75) is 57.2 Å². The van der Waals surface area contributed by atoms with Crippen molar-refractivity contribution in [1.29, 1.82) is 5.26 Å². The fourth-order valence-electron chi connectivity index (χ4n) is 2.87. The molecule has 1 unspecified atom stereocenters.